The van der Waals surface area contributed by atoms with Crippen molar-refractivity contribution >= 4 is 142 Å². The fourth-order valence-electron chi connectivity index (χ4n) is 20.2. The van der Waals surface area contributed by atoms with Gasteiger partial charge >= 0.3 is 0 Å². The summed E-state index contributed by atoms with van der Waals surface area (Å²) in [7, 11) is -31.8. The summed E-state index contributed by atoms with van der Waals surface area (Å²) in [5.74, 6) is 0. The second kappa shape index (κ2) is 41.7. The van der Waals surface area contributed by atoms with Gasteiger partial charge in [0.2, 0.25) is 0 Å². The number of rotatable bonds is 24. The van der Waals surface area contributed by atoms with Gasteiger partial charge in [-0.15, -0.1) is 0 Å². The Morgan fingerprint density at radius 1 is 0.104 bits per heavy atom. The maximum atomic E-state index is 17.5. The Balaban J connectivity index is 0.000000162. The van der Waals surface area contributed by atoms with Gasteiger partial charge in [-0.1, -0.05) is 557 Å². The van der Waals surface area contributed by atoms with Gasteiger partial charge in [0.1, 0.15) is 57.1 Å². The third-order valence-corrected chi connectivity index (χ3v) is 57.1. The van der Waals surface area contributed by atoms with Crippen LogP contribution in [0.2, 0.25) is 0 Å². The molecule has 16 heteroatoms. The third kappa shape index (κ3) is 17.8. The van der Waals surface area contributed by atoms with Gasteiger partial charge in [-0.3, -0.25) is 0 Å². The van der Waals surface area contributed by atoms with Crippen molar-refractivity contribution < 1.29 is 36.5 Å². The van der Waals surface area contributed by atoms with Crippen molar-refractivity contribution in [2.45, 2.75) is 59.1 Å². The standard InChI is InChI=1S/2C52H44O4P4.2C7H8/c2*53-57(41-25-9-1-10-26-41,42-27-11-2-12-28-42)49-50(58(54,43-29-13-3-14-30-43)44-31-15-4-16-32-44)52(60(56,47-37-21-7-22-38-47)48-39-23-8-24-40-48)51(49)59(55,45-33-17-5-18-34-45)46-35-19-6-20-36-46;2*1-7-5-3-2-4-6-7/h2*1-40,49-52H;2*2-6H,1H3. The number of hydrogen-bond donors (Lipinski definition) is 0. The summed E-state index contributed by atoms with van der Waals surface area (Å²) < 4.78 is 140. The molecular formula is C118H104O8P8. The maximum absolute atomic E-state index is 17.5. The highest BCUT2D eigenvalue weighted by Crippen LogP contribution is 2.83. The SMILES string of the molecule is Cc1ccccc1.Cc1ccccc1.O=P(c1ccccc1)(c1ccccc1)C1C(P(=O)(c2ccccc2)c2ccccc2)C(P(=O)(c2ccccc2)c2ccccc2)C1P(=O)(c1ccccc1)c1ccccc1.O=P(c1ccccc1)(c1ccccc1)C1C(P(=O)(c2ccccc2)c2ccccc2)C(P(=O)(c2ccccc2)c2ccccc2)C1P(=O)(c1ccccc1)c1ccccc1. The molecule has 0 atom stereocenters. The lowest BCUT2D eigenvalue weighted by molar-refractivity contribution is 0.457. The van der Waals surface area contributed by atoms with E-state index in [0.717, 1.165) is 0 Å². The van der Waals surface area contributed by atoms with E-state index in [1.54, 1.807) is 0 Å². The van der Waals surface area contributed by atoms with Crippen LogP contribution < -0.4 is 84.9 Å². The van der Waals surface area contributed by atoms with E-state index in [1.807, 2.05) is 522 Å². The minimum absolute atomic E-state index is 0.573. The van der Waals surface area contributed by atoms with Crippen LogP contribution in [0.3, 0.4) is 0 Å². The van der Waals surface area contributed by atoms with E-state index in [9.17, 15) is 0 Å². The Kier molecular flexibility index (Phi) is 29.2. The van der Waals surface area contributed by atoms with Crippen molar-refractivity contribution in [3.63, 3.8) is 0 Å². The molecule has 0 aliphatic heterocycles. The Morgan fingerprint density at radius 3 is 0.216 bits per heavy atom. The van der Waals surface area contributed by atoms with Gasteiger partial charge in [0.25, 0.3) is 0 Å². The number of aryl methyl sites for hydroxylation is 2. The third-order valence-electron chi connectivity index (χ3n) is 26.3. The molecule has 0 heterocycles. The molecule has 20 rings (SSSR count). The Bertz CT molecular complexity index is 5670. The minimum atomic E-state index is -3.97. The highest BCUT2D eigenvalue weighted by molar-refractivity contribution is 7.90. The van der Waals surface area contributed by atoms with E-state index in [4.69, 9.17) is 0 Å². The van der Waals surface area contributed by atoms with Crippen LogP contribution in [0.1, 0.15) is 11.1 Å². The molecule has 0 unspecified atom stereocenters. The molecule has 2 saturated carbocycles. The van der Waals surface area contributed by atoms with E-state index < -0.39 is 102 Å². The highest BCUT2D eigenvalue weighted by atomic mass is 31.2. The molecule has 2 aliphatic rings. The fraction of sp³-hybridized carbons (Fsp3) is 0.0847. The zero-order chi connectivity index (χ0) is 92.7. The first-order chi connectivity index (χ1) is 65.4. The van der Waals surface area contributed by atoms with Gasteiger partial charge < -0.3 is 36.5 Å². The van der Waals surface area contributed by atoms with E-state index in [-0.39, 0.29) is 0 Å². The molecular weight excluding hydrogens is 1790 g/mol. The average Bonchev–Trinajstić information content (AvgIpc) is 0.661. The predicted octanol–water partition coefficient (Wildman–Crippen LogP) is 23.1. The van der Waals surface area contributed by atoms with Crippen molar-refractivity contribution in [1.82, 2.24) is 0 Å². The molecule has 0 N–H and O–H groups in total. The van der Waals surface area contributed by atoms with E-state index in [0.29, 0.717) is 84.9 Å². The molecule has 0 saturated heterocycles. The van der Waals surface area contributed by atoms with Crippen molar-refractivity contribution in [3.05, 3.63) is 557 Å². The fourth-order valence-corrected chi connectivity index (χ4v) is 57.9. The van der Waals surface area contributed by atoms with Gasteiger partial charge in [-0.2, -0.15) is 0 Å². The van der Waals surface area contributed by atoms with Crippen LogP contribution in [0.4, 0.5) is 0 Å². The van der Waals surface area contributed by atoms with E-state index in [1.165, 1.54) is 11.1 Å². The quantitative estimate of drug-likeness (QED) is 0.0546. The summed E-state index contributed by atoms with van der Waals surface area (Å²) in [6.07, 6.45) is 0. The van der Waals surface area contributed by atoms with Crippen LogP contribution in [0.15, 0.2) is 546 Å². The van der Waals surface area contributed by atoms with Crippen LogP contribution in [-0.4, -0.2) is 45.3 Å². The summed E-state index contributed by atoms with van der Waals surface area (Å²) in [5.41, 5.74) is -5.43. The molecule has 0 bridgehead atoms. The second-order valence-corrected chi connectivity index (χ2v) is 57.4. The van der Waals surface area contributed by atoms with E-state index in [2.05, 4.69) is 38.1 Å². The predicted molar refractivity (Wildman–Crippen MR) is 571 cm³/mol. The first-order valence-corrected chi connectivity index (χ1v) is 59.4. The first-order valence-electron chi connectivity index (χ1n) is 45.2. The van der Waals surface area contributed by atoms with Crippen LogP contribution in [0.25, 0.3) is 0 Å². The molecule has 134 heavy (non-hydrogen) atoms. The van der Waals surface area contributed by atoms with Gasteiger partial charge in [-0.25, -0.2) is 0 Å². The maximum Gasteiger partial charge on any atom is 0.147 e. The van der Waals surface area contributed by atoms with Crippen LogP contribution in [-0.2, 0) is 36.5 Å². The lowest BCUT2D eigenvalue weighted by Crippen LogP contribution is -2.68. The van der Waals surface area contributed by atoms with Crippen molar-refractivity contribution in [3.8, 4) is 0 Å². The smallest absolute Gasteiger partial charge is 0.147 e. The summed E-state index contributed by atoms with van der Waals surface area (Å²) in [6.45, 7) is 4.17. The normalized spacial score (nSPS) is 17.3. The summed E-state index contributed by atoms with van der Waals surface area (Å²) in [4.78, 5) is 0. The van der Waals surface area contributed by atoms with Crippen LogP contribution in [0.5, 0.6) is 0 Å². The Hall–Kier alpha value is -12.2. The lowest BCUT2D eigenvalue weighted by atomic mass is 9.96. The molecule has 18 aromatic carbocycles. The Labute approximate surface area is 788 Å². The Morgan fingerprint density at radius 2 is 0.164 bits per heavy atom. The molecule has 2 fully saturated rings. The number of benzene rings is 18. The van der Waals surface area contributed by atoms with Gasteiger partial charge in [0, 0.05) is 130 Å². The number of hydrogen-bond acceptors (Lipinski definition) is 8. The largest absolute Gasteiger partial charge is 0.313 e. The van der Waals surface area contributed by atoms with Crippen LogP contribution in [0, 0.1) is 13.8 Å². The molecule has 18 aromatic rings. The zero-order valence-corrected chi connectivity index (χ0v) is 81.6. The topological polar surface area (TPSA) is 137 Å². The minimum Gasteiger partial charge on any atom is -0.313 e. The second-order valence-electron chi connectivity index (χ2n) is 33.9. The highest BCUT2D eigenvalue weighted by Gasteiger charge is 2.76. The molecule has 2 aliphatic carbocycles. The molecule has 664 valence electrons. The lowest BCUT2D eigenvalue weighted by Gasteiger charge is -2.60. The van der Waals surface area contributed by atoms with Crippen molar-refractivity contribution in [2.24, 2.45) is 0 Å². The molecule has 0 spiro atoms. The summed E-state index contributed by atoms with van der Waals surface area (Å²) >= 11 is 0. The molecule has 0 radical (unpaired) electrons. The molecule has 0 aromatic heterocycles. The molecule has 0 amide bonds. The van der Waals surface area contributed by atoms with Gasteiger partial charge in [-0.05, 0) is 13.8 Å². The first kappa shape index (κ1) is 93.6. The summed E-state index contributed by atoms with van der Waals surface area (Å²) in [5, 5.41) is 9.17. The summed E-state index contributed by atoms with van der Waals surface area (Å²) in [6, 6.07) is 171. The molecule has 8 nitrogen and oxygen atoms in total. The monoisotopic (exact) mass is 1900 g/mol. The van der Waals surface area contributed by atoms with E-state index >= 15 is 36.5 Å². The van der Waals surface area contributed by atoms with Gasteiger partial charge in [0.15, 0.2) is 0 Å². The van der Waals surface area contributed by atoms with Crippen molar-refractivity contribution in [1.29, 1.82) is 0 Å². The van der Waals surface area contributed by atoms with Crippen LogP contribution >= 0.6 is 57.1 Å². The average molecular weight is 1900 g/mol. The van der Waals surface area contributed by atoms with Crippen molar-refractivity contribution in [2.75, 3.05) is 0 Å². The van der Waals surface area contributed by atoms with Gasteiger partial charge in [0.05, 0.1) is 0 Å². The zero-order valence-electron chi connectivity index (χ0n) is 74.4.